The van der Waals surface area contributed by atoms with E-state index in [4.69, 9.17) is 4.74 Å². The zero-order chi connectivity index (χ0) is 17.9. The zero-order valence-corrected chi connectivity index (χ0v) is 14.6. The Kier molecular flexibility index (Phi) is 5.62. The first-order valence-corrected chi connectivity index (χ1v) is 8.13. The molecule has 1 heterocycles. The molecule has 6 heteroatoms. The summed E-state index contributed by atoms with van der Waals surface area (Å²) in [4.78, 5) is 27.2. The highest BCUT2D eigenvalue weighted by Gasteiger charge is 2.42. The molecule has 2 rings (SSSR count). The number of quaternary nitrogens is 1. The van der Waals surface area contributed by atoms with Gasteiger partial charge < -0.3 is 19.6 Å². The third-order valence-electron chi connectivity index (χ3n) is 4.04. The second-order valence-electron chi connectivity index (χ2n) is 6.18. The SMILES string of the molecule is CCOc1ccc([C@@H]2C(C(C)=O)=C(O)C(=O)N2CC[NH+](C)C)cc1. The molecule has 1 aliphatic rings. The molecule has 1 amide bonds. The normalized spacial score (nSPS) is 17.8. The summed E-state index contributed by atoms with van der Waals surface area (Å²) < 4.78 is 5.43. The number of carbonyl (C=O) groups excluding carboxylic acids is 2. The largest absolute Gasteiger partial charge is 0.503 e. The third kappa shape index (κ3) is 3.59. The topological polar surface area (TPSA) is 71.3 Å². The summed E-state index contributed by atoms with van der Waals surface area (Å²) in [6.07, 6.45) is 0. The van der Waals surface area contributed by atoms with Crippen molar-refractivity contribution in [1.29, 1.82) is 0 Å². The van der Waals surface area contributed by atoms with Crippen LogP contribution in [0.3, 0.4) is 0 Å². The van der Waals surface area contributed by atoms with Crippen LogP contribution in [0.4, 0.5) is 0 Å². The monoisotopic (exact) mass is 333 g/mol. The van der Waals surface area contributed by atoms with Crippen LogP contribution in [0.15, 0.2) is 35.6 Å². The van der Waals surface area contributed by atoms with Crippen LogP contribution in [0.5, 0.6) is 5.75 Å². The lowest BCUT2D eigenvalue weighted by molar-refractivity contribution is -0.857. The quantitative estimate of drug-likeness (QED) is 0.763. The molecule has 24 heavy (non-hydrogen) atoms. The second kappa shape index (κ2) is 7.49. The number of ether oxygens (including phenoxy) is 1. The van der Waals surface area contributed by atoms with Crippen molar-refractivity contribution in [2.75, 3.05) is 33.8 Å². The number of aliphatic hydroxyl groups excluding tert-OH is 1. The van der Waals surface area contributed by atoms with E-state index in [-0.39, 0.29) is 11.4 Å². The fourth-order valence-corrected chi connectivity index (χ4v) is 2.85. The van der Waals surface area contributed by atoms with Crippen LogP contribution in [0.25, 0.3) is 0 Å². The minimum absolute atomic E-state index is 0.165. The van der Waals surface area contributed by atoms with Crippen molar-refractivity contribution in [1.82, 2.24) is 4.90 Å². The van der Waals surface area contributed by atoms with E-state index in [0.29, 0.717) is 13.2 Å². The average molecular weight is 333 g/mol. The van der Waals surface area contributed by atoms with Gasteiger partial charge in [0.25, 0.3) is 5.91 Å². The Morgan fingerprint density at radius 1 is 1.29 bits per heavy atom. The number of hydrogen-bond donors (Lipinski definition) is 2. The van der Waals surface area contributed by atoms with Crippen molar-refractivity contribution >= 4 is 11.7 Å². The Bertz CT molecular complexity index is 649. The Hall–Kier alpha value is -2.34. The molecule has 0 unspecified atom stereocenters. The van der Waals surface area contributed by atoms with Gasteiger partial charge in [-0.2, -0.15) is 0 Å². The van der Waals surface area contributed by atoms with E-state index in [9.17, 15) is 14.7 Å². The zero-order valence-electron chi connectivity index (χ0n) is 14.6. The van der Waals surface area contributed by atoms with Crippen LogP contribution >= 0.6 is 0 Å². The number of hydrogen-bond acceptors (Lipinski definition) is 4. The number of carbonyl (C=O) groups is 2. The highest BCUT2D eigenvalue weighted by atomic mass is 16.5. The molecule has 0 aromatic heterocycles. The molecular formula is C18H25N2O4+. The molecule has 0 radical (unpaired) electrons. The Morgan fingerprint density at radius 3 is 2.42 bits per heavy atom. The second-order valence-corrected chi connectivity index (χ2v) is 6.18. The maximum atomic E-state index is 12.4. The van der Waals surface area contributed by atoms with Crippen molar-refractivity contribution < 1.29 is 24.3 Å². The summed E-state index contributed by atoms with van der Waals surface area (Å²) in [5.41, 5.74) is 0.952. The molecule has 1 aliphatic heterocycles. The van der Waals surface area contributed by atoms with Crippen LogP contribution in [-0.4, -0.2) is 55.5 Å². The number of benzene rings is 1. The van der Waals surface area contributed by atoms with Gasteiger partial charge in [-0.25, -0.2) is 0 Å². The number of nitrogens with one attached hydrogen (secondary N) is 1. The van der Waals surface area contributed by atoms with Crippen molar-refractivity contribution in [3.8, 4) is 5.75 Å². The number of Topliss-reactive ketones (excluding diaryl/α,β-unsaturated/α-hetero) is 1. The number of likely N-dealkylation sites (N-methyl/N-ethyl adjacent to an activating group) is 1. The first-order chi connectivity index (χ1) is 11.4. The lowest BCUT2D eigenvalue weighted by Gasteiger charge is -2.27. The van der Waals surface area contributed by atoms with Crippen LogP contribution in [0.1, 0.15) is 25.5 Å². The lowest BCUT2D eigenvalue weighted by atomic mass is 9.96. The molecule has 1 aromatic rings. The standard InChI is InChI=1S/C18H24N2O4/c1-5-24-14-8-6-13(7-9-14)16-15(12(2)21)17(22)18(23)20(16)11-10-19(3)4/h6-9,16,22H,5,10-11H2,1-4H3/p+1/t16-/m1/s1. The van der Waals surface area contributed by atoms with E-state index >= 15 is 0 Å². The summed E-state index contributed by atoms with van der Waals surface area (Å²) in [5.74, 6) is -0.484. The smallest absolute Gasteiger partial charge is 0.290 e. The number of aliphatic hydroxyl groups is 1. The van der Waals surface area contributed by atoms with Gasteiger partial charge in [0.2, 0.25) is 0 Å². The van der Waals surface area contributed by atoms with E-state index < -0.39 is 17.7 Å². The maximum absolute atomic E-state index is 12.4. The summed E-state index contributed by atoms with van der Waals surface area (Å²) in [6, 6.07) is 6.74. The van der Waals surface area contributed by atoms with E-state index in [2.05, 4.69) is 0 Å². The van der Waals surface area contributed by atoms with Gasteiger partial charge in [0, 0.05) is 0 Å². The molecule has 0 fully saturated rings. The van der Waals surface area contributed by atoms with Gasteiger partial charge in [-0.15, -0.1) is 0 Å². The molecule has 1 aromatic carbocycles. The number of ketones is 1. The molecule has 1 atom stereocenters. The summed E-state index contributed by atoms with van der Waals surface area (Å²) >= 11 is 0. The van der Waals surface area contributed by atoms with Gasteiger partial charge in [-0.3, -0.25) is 9.59 Å². The third-order valence-corrected chi connectivity index (χ3v) is 4.04. The van der Waals surface area contributed by atoms with Crippen molar-refractivity contribution in [3.63, 3.8) is 0 Å². The summed E-state index contributed by atoms with van der Waals surface area (Å²) in [5, 5.41) is 10.2. The van der Waals surface area contributed by atoms with Crippen LogP contribution in [0.2, 0.25) is 0 Å². The molecule has 0 spiro atoms. The van der Waals surface area contributed by atoms with Crippen LogP contribution < -0.4 is 9.64 Å². The summed E-state index contributed by atoms with van der Waals surface area (Å²) in [6.45, 7) is 5.03. The highest BCUT2D eigenvalue weighted by molar-refractivity contribution is 6.08. The van der Waals surface area contributed by atoms with Gasteiger partial charge in [0.1, 0.15) is 5.75 Å². The van der Waals surface area contributed by atoms with Crippen molar-refractivity contribution in [2.24, 2.45) is 0 Å². The average Bonchev–Trinajstić information content (AvgIpc) is 2.78. The van der Waals surface area contributed by atoms with E-state index in [1.807, 2.05) is 45.3 Å². The van der Waals surface area contributed by atoms with Crippen molar-refractivity contribution in [3.05, 3.63) is 41.2 Å². The predicted molar refractivity (Wildman–Crippen MR) is 90.1 cm³/mol. The molecule has 0 saturated heterocycles. The number of nitrogens with zero attached hydrogens (tertiary/aromatic N) is 1. The maximum Gasteiger partial charge on any atom is 0.290 e. The number of amides is 1. The minimum atomic E-state index is -0.551. The molecule has 0 saturated carbocycles. The van der Waals surface area contributed by atoms with Gasteiger partial charge in [0.05, 0.1) is 45.4 Å². The van der Waals surface area contributed by atoms with Crippen LogP contribution in [0, 0.1) is 0 Å². The van der Waals surface area contributed by atoms with Crippen LogP contribution in [-0.2, 0) is 9.59 Å². The van der Waals surface area contributed by atoms with E-state index in [1.54, 1.807) is 4.90 Å². The molecule has 0 bridgehead atoms. The van der Waals surface area contributed by atoms with Gasteiger partial charge in [-0.05, 0) is 31.5 Å². The van der Waals surface area contributed by atoms with Gasteiger partial charge >= 0.3 is 0 Å². The molecule has 0 aliphatic carbocycles. The van der Waals surface area contributed by atoms with Gasteiger partial charge in [-0.1, -0.05) is 12.1 Å². The van der Waals surface area contributed by atoms with E-state index in [0.717, 1.165) is 17.9 Å². The fraction of sp³-hybridized carbons (Fsp3) is 0.444. The predicted octanol–water partition coefficient (Wildman–Crippen LogP) is 0.514. The first-order valence-electron chi connectivity index (χ1n) is 8.13. The Balaban J connectivity index is 2.38. The number of rotatable bonds is 7. The fourth-order valence-electron chi connectivity index (χ4n) is 2.85. The first kappa shape index (κ1) is 18.0. The Labute approximate surface area is 142 Å². The minimum Gasteiger partial charge on any atom is -0.503 e. The lowest BCUT2D eigenvalue weighted by Crippen LogP contribution is -3.06. The molecular weight excluding hydrogens is 308 g/mol. The molecule has 6 nitrogen and oxygen atoms in total. The molecule has 2 N–H and O–H groups in total. The van der Waals surface area contributed by atoms with Gasteiger partial charge in [0.15, 0.2) is 11.5 Å². The Morgan fingerprint density at radius 2 is 1.92 bits per heavy atom. The van der Waals surface area contributed by atoms with E-state index in [1.165, 1.54) is 11.8 Å². The highest BCUT2D eigenvalue weighted by Crippen LogP contribution is 2.37. The van der Waals surface area contributed by atoms with Crippen molar-refractivity contribution in [2.45, 2.75) is 19.9 Å². The summed E-state index contributed by atoms with van der Waals surface area (Å²) in [7, 11) is 3.98. The molecule has 130 valence electrons.